The van der Waals surface area contributed by atoms with Crippen LogP contribution < -0.4 is 5.11 Å². The van der Waals surface area contributed by atoms with Crippen LogP contribution >= 0.6 is 0 Å². The van der Waals surface area contributed by atoms with E-state index in [2.05, 4.69) is 111 Å². The van der Waals surface area contributed by atoms with Gasteiger partial charge < -0.3 is 28.6 Å². The third-order valence-corrected chi connectivity index (χ3v) is 10.2. The molecule has 0 rings (SSSR count). The van der Waals surface area contributed by atoms with Crippen molar-refractivity contribution in [2.75, 3.05) is 41.0 Å². The van der Waals surface area contributed by atoms with Gasteiger partial charge in [-0.15, -0.1) is 0 Å². The van der Waals surface area contributed by atoms with Crippen molar-refractivity contribution in [3.05, 3.63) is 97.2 Å². The standard InChI is InChI=1S/C54H89NO7/c1-6-8-10-12-14-16-18-20-22-24-26-28-30-32-34-36-38-40-42-44-52(56)61-49-50(48-60-47-46-51(54(58)59)55(3,4)5)62-53(57)45-43-41-39-37-35-33-31-29-27-25-23-21-19-17-15-13-11-9-7-2/h9,11,14-17,20-23,26-29,33,35,50-51H,6-8,10,12-13,18-19,24-25,30-32,34,36-49H2,1-5H3/b11-9-,16-14-,17-15-,22-20-,23-21-,28-26-,29-27-,35-33-. The fraction of sp³-hybridized carbons (Fsp3) is 0.648. The third-order valence-electron chi connectivity index (χ3n) is 10.2. The zero-order valence-corrected chi connectivity index (χ0v) is 40.0. The fourth-order valence-electron chi connectivity index (χ4n) is 6.46. The van der Waals surface area contributed by atoms with Crippen molar-refractivity contribution >= 4 is 17.9 Å². The van der Waals surface area contributed by atoms with Crippen LogP contribution in [0.15, 0.2) is 97.2 Å². The summed E-state index contributed by atoms with van der Waals surface area (Å²) in [5, 5.41) is 11.7. The third kappa shape index (κ3) is 41.6. The van der Waals surface area contributed by atoms with Crippen LogP contribution in [0.5, 0.6) is 0 Å². The van der Waals surface area contributed by atoms with Crippen molar-refractivity contribution < 1.29 is 38.2 Å². The van der Waals surface area contributed by atoms with Crippen LogP contribution in [-0.2, 0) is 28.6 Å². The van der Waals surface area contributed by atoms with Gasteiger partial charge in [-0.25, -0.2) is 0 Å². The van der Waals surface area contributed by atoms with Gasteiger partial charge in [-0.2, -0.15) is 0 Å². The Balaban J connectivity index is 4.40. The van der Waals surface area contributed by atoms with Gasteiger partial charge in [0.15, 0.2) is 6.10 Å². The zero-order valence-electron chi connectivity index (χ0n) is 40.0. The zero-order chi connectivity index (χ0) is 45.6. The van der Waals surface area contributed by atoms with Crippen molar-refractivity contribution in [2.24, 2.45) is 0 Å². The molecule has 0 aliphatic carbocycles. The number of ether oxygens (including phenoxy) is 3. The minimum absolute atomic E-state index is 0.0166. The van der Waals surface area contributed by atoms with Crippen molar-refractivity contribution in [1.82, 2.24) is 0 Å². The van der Waals surface area contributed by atoms with Crippen LogP contribution in [0.3, 0.4) is 0 Å². The van der Waals surface area contributed by atoms with Crippen molar-refractivity contribution in [3.63, 3.8) is 0 Å². The molecule has 0 heterocycles. The summed E-state index contributed by atoms with van der Waals surface area (Å²) in [6, 6.07) is -0.740. The van der Waals surface area contributed by atoms with E-state index in [1.54, 1.807) is 21.1 Å². The molecule has 0 bridgehead atoms. The summed E-state index contributed by atoms with van der Waals surface area (Å²) in [5.41, 5.74) is 0. The number of hydrogen-bond acceptors (Lipinski definition) is 7. The molecule has 2 unspecified atom stereocenters. The maximum absolute atomic E-state index is 12.8. The Morgan fingerprint density at radius 3 is 1.35 bits per heavy atom. The molecule has 0 fully saturated rings. The summed E-state index contributed by atoms with van der Waals surface area (Å²) in [7, 11) is 5.38. The molecule has 0 aromatic carbocycles. The number of rotatable bonds is 42. The van der Waals surface area contributed by atoms with Crippen LogP contribution in [0, 0.1) is 0 Å². The normalized spacial score (nSPS) is 13.8. The summed E-state index contributed by atoms with van der Waals surface area (Å²) in [6.07, 6.45) is 58.6. The number of hydrogen-bond donors (Lipinski definition) is 0. The molecule has 0 saturated carbocycles. The quantitative estimate of drug-likeness (QED) is 0.0261. The molecule has 0 saturated heterocycles. The number of carbonyl (C=O) groups excluding carboxylic acids is 3. The summed E-state index contributed by atoms with van der Waals surface area (Å²) in [6.45, 7) is 4.46. The Bertz CT molecular complexity index is 1330. The van der Waals surface area contributed by atoms with E-state index < -0.39 is 18.1 Å². The van der Waals surface area contributed by atoms with Crippen LogP contribution in [0.2, 0.25) is 0 Å². The molecule has 0 aromatic heterocycles. The predicted octanol–water partition coefficient (Wildman–Crippen LogP) is 12.5. The molecule has 0 spiro atoms. The molecular weight excluding hydrogens is 775 g/mol. The second-order valence-corrected chi connectivity index (χ2v) is 17.0. The number of nitrogens with zero attached hydrogens (tertiary/aromatic N) is 1. The molecular formula is C54H89NO7. The smallest absolute Gasteiger partial charge is 0.306 e. The molecule has 2 atom stereocenters. The van der Waals surface area contributed by atoms with Gasteiger partial charge in [-0.3, -0.25) is 9.59 Å². The topological polar surface area (TPSA) is 102 Å². The Hall–Kier alpha value is -3.75. The first-order valence-corrected chi connectivity index (χ1v) is 24.3. The summed E-state index contributed by atoms with van der Waals surface area (Å²) in [5.74, 6) is -1.81. The minimum Gasteiger partial charge on any atom is -0.544 e. The molecule has 0 N–H and O–H groups in total. The lowest BCUT2D eigenvalue weighted by Crippen LogP contribution is -2.55. The van der Waals surface area contributed by atoms with Crippen LogP contribution in [-0.4, -0.2) is 75.5 Å². The number of carboxylic acids is 1. The molecule has 0 aliphatic rings. The maximum Gasteiger partial charge on any atom is 0.306 e. The maximum atomic E-state index is 12.8. The summed E-state index contributed by atoms with van der Waals surface area (Å²) < 4.78 is 17.2. The molecule has 8 heteroatoms. The molecule has 0 amide bonds. The van der Waals surface area contributed by atoms with Gasteiger partial charge in [0, 0.05) is 19.3 Å². The van der Waals surface area contributed by atoms with Gasteiger partial charge in [-0.1, -0.05) is 156 Å². The Kier molecular flexibility index (Phi) is 41.2. The molecule has 62 heavy (non-hydrogen) atoms. The number of esters is 2. The second-order valence-electron chi connectivity index (χ2n) is 17.0. The number of carboxylic acid groups (broad SMARTS) is 1. The first kappa shape index (κ1) is 58.2. The van der Waals surface area contributed by atoms with Gasteiger partial charge >= 0.3 is 11.9 Å². The fourth-order valence-corrected chi connectivity index (χ4v) is 6.46. The van der Waals surface area contributed by atoms with E-state index in [0.29, 0.717) is 12.8 Å². The highest BCUT2D eigenvalue weighted by atomic mass is 16.6. The monoisotopic (exact) mass is 864 g/mol. The van der Waals surface area contributed by atoms with Gasteiger partial charge in [0.2, 0.25) is 0 Å². The van der Waals surface area contributed by atoms with E-state index in [-0.39, 0.29) is 49.1 Å². The van der Waals surface area contributed by atoms with Crippen LogP contribution in [0.4, 0.5) is 0 Å². The molecule has 0 aliphatic heterocycles. The average molecular weight is 864 g/mol. The highest BCUT2D eigenvalue weighted by Gasteiger charge is 2.25. The van der Waals surface area contributed by atoms with Gasteiger partial charge in [0.05, 0.1) is 40.3 Å². The number of allylic oxidation sites excluding steroid dienone is 16. The number of carbonyl (C=O) groups is 3. The molecule has 0 aromatic rings. The summed E-state index contributed by atoms with van der Waals surface area (Å²) in [4.78, 5) is 37.0. The van der Waals surface area contributed by atoms with E-state index in [1.807, 2.05) is 0 Å². The van der Waals surface area contributed by atoms with Crippen LogP contribution in [0.1, 0.15) is 174 Å². The number of quaternary nitrogens is 1. The number of unbranched alkanes of at least 4 members (excludes halogenated alkanes) is 12. The van der Waals surface area contributed by atoms with Gasteiger partial charge in [0.25, 0.3) is 0 Å². The number of likely N-dealkylation sites (N-methyl/N-ethyl adjacent to an activating group) is 1. The van der Waals surface area contributed by atoms with Crippen molar-refractivity contribution in [3.8, 4) is 0 Å². The van der Waals surface area contributed by atoms with Crippen molar-refractivity contribution in [1.29, 1.82) is 0 Å². The van der Waals surface area contributed by atoms with E-state index in [4.69, 9.17) is 14.2 Å². The first-order chi connectivity index (χ1) is 30.1. The largest absolute Gasteiger partial charge is 0.544 e. The minimum atomic E-state index is -1.14. The highest BCUT2D eigenvalue weighted by Crippen LogP contribution is 2.12. The lowest BCUT2D eigenvalue weighted by Gasteiger charge is -2.34. The van der Waals surface area contributed by atoms with Crippen LogP contribution in [0.25, 0.3) is 0 Å². The molecule has 0 radical (unpaired) electrons. The highest BCUT2D eigenvalue weighted by molar-refractivity contribution is 5.70. The van der Waals surface area contributed by atoms with E-state index in [9.17, 15) is 19.5 Å². The summed E-state index contributed by atoms with van der Waals surface area (Å²) >= 11 is 0. The first-order valence-electron chi connectivity index (χ1n) is 24.3. The lowest BCUT2D eigenvalue weighted by atomic mass is 10.1. The second kappa shape index (κ2) is 43.9. The average Bonchev–Trinajstić information content (AvgIpc) is 3.23. The Morgan fingerprint density at radius 1 is 0.500 bits per heavy atom. The van der Waals surface area contributed by atoms with E-state index in [0.717, 1.165) is 96.3 Å². The lowest BCUT2D eigenvalue weighted by molar-refractivity contribution is -0.889. The van der Waals surface area contributed by atoms with E-state index >= 15 is 0 Å². The Morgan fingerprint density at radius 2 is 0.903 bits per heavy atom. The van der Waals surface area contributed by atoms with Gasteiger partial charge in [-0.05, 0) is 96.3 Å². The molecule has 8 nitrogen and oxygen atoms in total. The molecule has 352 valence electrons. The predicted molar refractivity (Wildman–Crippen MR) is 258 cm³/mol. The van der Waals surface area contributed by atoms with E-state index in [1.165, 1.54) is 38.5 Å². The van der Waals surface area contributed by atoms with Gasteiger partial charge in [0.1, 0.15) is 12.6 Å². The Labute approximate surface area is 379 Å². The SMILES string of the molecule is CC/C=C\C/C=C\C/C=C\C/C=C\C/C=C\CCCCCC(=O)OC(COCCC(C(=O)[O-])[N+](C)(C)C)COC(=O)CCCCCCCC/C=C\C/C=C\C/C=C\CCCCC. The van der Waals surface area contributed by atoms with Crippen molar-refractivity contribution in [2.45, 2.75) is 187 Å². The number of aliphatic carboxylic acids is 1.